The van der Waals surface area contributed by atoms with Gasteiger partial charge in [-0.05, 0) is 24.3 Å². The second-order valence-electron chi connectivity index (χ2n) is 4.98. The number of nitrogens with zero attached hydrogens (tertiary/aromatic N) is 1. The lowest BCUT2D eigenvalue weighted by molar-refractivity contribution is -0.121. The lowest BCUT2D eigenvalue weighted by Crippen LogP contribution is -2.31. The van der Waals surface area contributed by atoms with Crippen LogP contribution in [0.4, 0.5) is 4.39 Å². The summed E-state index contributed by atoms with van der Waals surface area (Å²) in [4.78, 5) is 23.7. The first kappa shape index (κ1) is 15.6. The standard InChI is InChI=1S/C18H13FN2O3/c19-14-8-2-1-6-13(14)7-5-11-20-17(22)12-21-15-9-3-4-10-16(15)24-18(21)23/h1-4,6,8-10H,11-12H2,(H,20,22). The third kappa shape index (κ3) is 3.36. The molecule has 0 spiro atoms. The summed E-state index contributed by atoms with van der Waals surface area (Å²) in [6, 6.07) is 13.0. The van der Waals surface area contributed by atoms with E-state index in [0.717, 1.165) is 0 Å². The number of fused-ring (bicyclic) bond motifs is 1. The highest BCUT2D eigenvalue weighted by Gasteiger charge is 2.11. The van der Waals surface area contributed by atoms with Crippen LogP contribution in [-0.2, 0) is 11.3 Å². The first-order valence-corrected chi connectivity index (χ1v) is 7.23. The Bertz CT molecular complexity index is 1010. The summed E-state index contributed by atoms with van der Waals surface area (Å²) in [6.07, 6.45) is 0. The van der Waals surface area contributed by atoms with E-state index >= 15 is 0 Å². The van der Waals surface area contributed by atoms with Crippen LogP contribution in [0.5, 0.6) is 0 Å². The van der Waals surface area contributed by atoms with Gasteiger partial charge in [-0.3, -0.25) is 9.36 Å². The summed E-state index contributed by atoms with van der Waals surface area (Å²) >= 11 is 0. The van der Waals surface area contributed by atoms with Crippen molar-refractivity contribution in [1.29, 1.82) is 0 Å². The lowest BCUT2D eigenvalue weighted by atomic mass is 10.2. The fraction of sp³-hybridized carbons (Fsp3) is 0.111. The minimum absolute atomic E-state index is 0.0533. The summed E-state index contributed by atoms with van der Waals surface area (Å²) in [5.41, 5.74) is 1.24. The number of halogens is 1. The molecule has 0 saturated heterocycles. The van der Waals surface area contributed by atoms with Crippen molar-refractivity contribution in [2.45, 2.75) is 6.54 Å². The Labute approximate surface area is 136 Å². The van der Waals surface area contributed by atoms with Gasteiger partial charge in [-0.1, -0.05) is 36.1 Å². The molecule has 120 valence electrons. The Morgan fingerprint density at radius 2 is 1.92 bits per heavy atom. The van der Waals surface area contributed by atoms with E-state index in [-0.39, 0.29) is 24.6 Å². The number of carbonyl (C=O) groups excluding carboxylic acids is 1. The maximum Gasteiger partial charge on any atom is 0.420 e. The van der Waals surface area contributed by atoms with Crippen LogP contribution in [0.3, 0.4) is 0 Å². The fourth-order valence-corrected chi connectivity index (χ4v) is 2.21. The molecule has 0 unspecified atom stereocenters. The number of hydrogen-bond acceptors (Lipinski definition) is 3. The van der Waals surface area contributed by atoms with Crippen molar-refractivity contribution in [3.8, 4) is 11.8 Å². The molecule has 0 radical (unpaired) electrons. The topological polar surface area (TPSA) is 64.2 Å². The quantitative estimate of drug-likeness (QED) is 0.749. The van der Waals surface area contributed by atoms with Gasteiger partial charge < -0.3 is 9.73 Å². The van der Waals surface area contributed by atoms with Gasteiger partial charge in [0.15, 0.2) is 5.58 Å². The van der Waals surface area contributed by atoms with Crippen LogP contribution in [0.25, 0.3) is 11.1 Å². The van der Waals surface area contributed by atoms with Crippen LogP contribution in [0.1, 0.15) is 5.56 Å². The van der Waals surface area contributed by atoms with Crippen molar-refractivity contribution in [2.24, 2.45) is 0 Å². The maximum atomic E-state index is 13.4. The van der Waals surface area contributed by atoms with Crippen LogP contribution < -0.4 is 11.1 Å². The third-order valence-electron chi connectivity index (χ3n) is 3.35. The summed E-state index contributed by atoms with van der Waals surface area (Å²) in [5.74, 6) is 3.93. The molecule has 3 rings (SSSR count). The maximum absolute atomic E-state index is 13.4. The SMILES string of the molecule is O=C(Cn1c(=O)oc2ccccc21)NCC#Cc1ccccc1F. The number of hydrogen-bond donors (Lipinski definition) is 1. The average molecular weight is 324 g/mol. The zero-order valence-electron chi connectivity index (χ0n) is 12.6. The zero-order chi connectivity index (χ0) is 16.9. The fourth-order valence-electron chi connectivity index (χ4n) is 2.21. The molecule has 0 aliphatic rings. The molecule has 0 aliphatic heterocycles. The molecule has 0 saturated carbocycles. The van der Waals surface area contributed by atoms with Gasteiger partial charge in [-0.15, -0.1) is 0 Å². The van der Waals surface area contributed by atoms with Crippen LogP contribution in [-0.4, -0.2) is 17.0 Å². The highest BCUT2D eigenvalue weighted by atomic mass is 19.1. The predicted molar refractivity (Wildman–Crippen MR) is 86.8 cm³/mol. The van der Waals surface area contributed by atoms with E-state index in [1.807, 2.05) is 0 Å². The summed E-state index contributed by atoms with van der Waals surface area (Å²) in [5, 5.41) is 2.57. The number of aromatic nitrogens is 1. The van der Waals surface area contributed by atoms with E-state index in [4.69, 9.17) is 4.42 Å². The molecule has 24 heavy (non-hydrogen) atoms. The Kier molecular flexibility index (Phi) is 4.43. The molecule has 3 aromatic rings. The van der Waals surface area contributed by atoms with E-state index < -0.39 is 11.6 Å². The Morgan fingerprint density at radius 1 is 1.17 bits per heavy atom. The zero-order valence-corrected chi connectivity index (χ0v) is 12.6. The van der Waals surface area contributed by atoms with Crippen molar-refractivity contribution < 1.29 is 13.6 Å². The van der Waals surface area contributed by atoms with Gasteiger partial charge in [-0.2, -0.15) is 0 Å². The molecule has 5 nitrogen and oxygen atoms in total. The molecular formula is C18H13FN2O3. The third-order valence-corrected chi connectivity index (χ3v) is 3.35. The van der Waals surface area contributed by atoms with E-state index in [9.17, 15) is 14.0 Å². The second-order valence-corrected chi connectivity index (χ2v) is 4.98. The van der Waals surface area contributed by atoms with Gasteiger partial charge in [0, 0.05) is 0 Å². The molecule has 0 aliphatic carbocycles. The van der Waals surface area contributed by atoms with Crippen LogP contribution in [0.15, 0.2) is 57.7 Å². The monoisotopic (exact) mass is 324 g/mol. The van der Waals surface area contributed by atoms with Gasteiger partial charge in [0.1, 0.15) is 12.4 Å². The molecule has 0 bridgehead atoms. The molecule has 1 heterocycles. The van der Waals surface area contributed by atoms with E-state index in [1.54, 1.807) is 42.5 Å². The van der Waals surface area contributed by atoms with Gasteiger partial charge in [-0.25, -0.2) is 9.18 Å². The van der Waals surface area contributed by atoms with E-state index in [2.05, 4.69) is 17.2 Å². The number of rotatable bonds is 3. The first-order valence-electron chi connectivity index (χ1n) is 7.23. The molecule has 6 heteroatoms. The van der Waals surface area contributed by atoms with Gasteiger partial charge >= 0.3 is 5.76 Å². The first-order chi connectivity index (χ1) is 11.6. The van der Waals surface area contributed by atoms with Crippen LogP contribution in [0, 0.1) is 17.7 Å². The number of amides is 1. The Morgan fingerprint density at radius 3 is 2.75 bits per heavy atom. The molecule has 1 amide bonds. The largest absolute Gasteiger partial charge is 0.420 e. The van der Waals surface area contributed by atoms with Gasteiger partial charge in [0.05, 0.1) is 17.6 Å². The van der Waals surface area contributed by atoms with Gasteiger partial charge in [0.2, 0.25) is 5.91 Å². The number of para-hydroxylation sites is 2. The van der Waals surface area contributed by atoms with Crippen molar-refractivity contribution >= 4 is 17.0 Å². The molecule has 2 aromatic carbocycles. The Balaban J connectivity index is 1.63. The minimum atomic E-state index is -0.594. The number of nitrogens with one attached hydrogen (secondary N) is 1. The summed E-state index contributed by atoms with van der Waals surface area (Å²) in [7, 11) is 0. The average Bonchev–Trinajstić information content (AvgIpc) is 2.89. The Hall–Kier alpha value is -3.33. The highest BCUT2D eigenvalue weighted by molar-refractivity contribution is 5.79. The highest BCUT2D eigenvalue weighted by Crippen LogP contribution is 2.11. The number of oxazole rings is 1. The van der Waals surface area contributed by atoms with E-state index in [1.165, 1.54) is 10.6 Å². The normalized spacial score (nSPS) is 10.2. The second kappa shape index (κ2) is 6.84. The van der Waals surface area contributed by atoms with Crippen LogP contribution in [0.2, 0.25) is 0 Å². The molecule has 0 fully saturated rings. The minimum Gasteiger partial charge on any atom is -0.408 e. The van der Waals surface area contributed by atoms with Crippen LogP contribution >= 0.6 is 0 Å². The van der Waals surface area contributed by atoms with Crippen molar-refractivity contribution in [3.05, 3.63) is 70.5 Å². The smallest absolute Gasteiger partial charge is 0.408 e. The number of carbonyl (C=O) groups is 1. The lowest BCUT2D eigenvalue weighted by Gasteiger charge is -2.02. The molecule has 0 atom stereocenters. The van der Waals surface area contributed by atoms with Gasteiger partial charge in [0.25, 0.3) is 0 Å². The van der Waals surface area contributed by atoms with Crippen molar-refractivity contribution in [1.82, 2.24) is 9.88 Å². The summed E-state index contributed by atoms with van der Waals surface area (Å²) < 4.78 is 19.7. The number of benzene rings is 2. The predicted octanol–water partition coefficient (Wildman–Crippen LogP) is 1.90. The molecule has 1 N–H and O–H groups in total. The van der Waals surface area contributed by atoms with E-state index in [0.29, 0.717) is 11.1 Å². The van der Waals surface area contributed by atoms with Crippen molar-refractivity contribution in [2.75, 3.05) is 6.54 Å². The molecular weight excluding hydrogens is 311 g/mol. The molecule has 1 aromatic heterocycles. The summed E-state index contributed by atoms with van der Waals surface area (Å²) in [6.45, 7) is -0.116. The van der Waals surface area contributed by atoms with Crippen molar-refractivity contribution in [3.63, 3.8) is 0 Å².